The predicted octanol–water partition coefficient (Wildman–Crippen LogP) is 2.54. The Bertz CT molecular complexity index is 834. The van der Waals surface area contributed by atoms with E-state index in [0.29, 0.717) is 6.54 Å². The molecule has 6 heteroatoms. The van der Waals surface area contributed by atoms with E-state index in [9.17, 15) is 9.59 Å². The third kappa shape index (κ3) is 3.58. The molecule has 0 bridgehead atoms. The topological polar surface area (TPSA) is 47.1 Å². The van der Waals surface area contributed by atoms with Gasteiger partial charge in [-0.3, -0.25) is 19.4 Å². The molecule has 3 heterocycles. The molecule has 0 N–H and O–H groups in total. The molecule has 0 radical (unpaired) electrons. The summed E-state index contributed by atoms with van der Waals surface area (Å²) in [7, 11) is 0. The zero-order valence-corrected chi connectivity index (χ0v) is 19.1. The van der Waals surface area contributed by atoms with Gasteiger partial charge in [-0.25, -0.2) is 0 Å². The van der Waals surface area contributed by atoms with Gasteiger partial charge in [-0.2, -0.15) is 0 Å². The molecule has 2 amide bonds. The van der Waals surface area contributed by atoms with Crippen molar-refractivity contribution in [3.05, 3.63) is 35.4 Å². The highest BCUT2D eigenvalue weighted by Crippen LogP contribution is 2.47. The van der Waals surface area contributed by atoms with E-state index < -0.39 is 0 Å². The summed E-state index contributed by atoms with van der Waals surface area (Å²) in [6.45, 7) is 10.3. The van der Waals surface area contributed by atoms with Crippen LogP contribution in [0.1, 0.15) is 61.9 Å². The molecule has 0 atom stereocenters. The molecule has 5 rings (SSSR count). The molecule has 1 aromatic rings. The number of fused-ring (bicyclic) bond motifs is 2. The number of hydrogen-bond donors (Lipinski definition) is 0. The number of likely N-dealkylation sites (tertiary alicyclic amines) is 1. The van der Waals surface area contributed by atoms with Gasteiger partial charge in [-0.15, -0.1) is 0 Å². The zero-order valence-electron chi connectivity index (χ0n) is 19.1. The van der Waals surface area contributed by atoms with Crippen LogP contribution >= 0.6 is 0 Å². The van der Waals surface area contributed by atoms with Crippen molar-refractivity contribution in [3.8, 4) is 0 Å². The quantitative estimate of drug-likeness (QED) is 0.745. The first-order valence-electron chi connectivity index (χ1n) is 12.2. The highest BCUT2D eigenvalue weighted by molar-refractivity contribution is 6.00. The Labute approximate surface area is 186 Å². The van der Waals surface area contributed by atoms with Crippen molar-refractivity contribution in [1.29, 1.82) is 0 Å². The summed E-state index contributed by atoms with van der Waals surface area (Å²) in [5, 5.41) is 0. The second-order valence-corrected chi connectivity index (χ2v) is 10.1. The molecule has 0 unspecified atom stereocenters. The van der Waals surface area contributed by atoms with Gasteiger partial charge in [-0.05, 0) is 51.2 Å². The largest absolute Gasteiger partial charge is 0.339 e. The van der Waals surface area contributed by atoms with E-state index in [1.165, 1.54) is 24.8 Å². The van der Waals surface area contributed by atoms with E-state index in [1.807, 2.05) is 12.1 Å². The van der Waals surface area contributed by atoms with Crippen LogP contribution in [-0.2, 0) is 10.3 Å². The first-order valence-corrected chi connectivity index (χ1v) is 12.2. The van der Waals surface area contributed by atoms with Crippen molar-refractivity contribution in [3.63, 3.8) is 0 Å². The Kier molecular flexibility index (Phi) is 5.55. The van der Waals surface area contributed by atoms with E-state index in [0.717, 1.165) is 63.7 Å². The lowest BCUT2D eigenvalue weighted by molar-refractivity contribution is -0.135. The summed E-state index contributed by atoms with van der Waals surface area (Å²) in [6.07, 6.45) is 5.84. The third-order valence-corrected chi connectivity index (χ3v) is 8.16. The van der Waals surface area contributed by atoms with Crippen LogP contribution in [0, 0.1) is 0 Å². The fraction of sp³-hybridized carbons (Fsp3) is 0.680. The summed E-state index contributed by atoms with van der Waals surface area (Å²) in [5.41, 5.74) is 1.84. The van der Waals surface area contributed by atoms with Crippen molar-refractivity contribution in [1.82, 2.24) is 19.6 Å². The van der Waals surface area contributed by atoms with Crippen molar-refractivity contribution in [2.75, 3.05) is 45.8 Å². The second kappa shape index (κ2) is 8.21. The number of amides is 2. The Morgan fingerprint density at radius 1 is 1.03 bits per heavy atom. The molecule has 31 heavy (non-hydrogen) atoms. The van der Waals surface area contributed by atoms with E-state index in [1.54, 1.807) is 0 Å². The first kappa shape index (κ1) is 21.0. The lowest BCUT2D eigenvalue weighted by Crippen LogP contribution is -2.57. The lowest BCUT2D eigenvalue weighted by atomic mass is 9.80. The fourth-order valence-corrected chi connectivity index (χ4v) is 6.23. The van der Waals surface area contributed by atoms with E-state index in [-0.39, 0.29) is 23.4 Å². The maximum Gasteiger partial charge on any atom is 0.255 e. The zero-order chi connectivity index (χ0) is 21.6. The fourth-order valence-electron chi connectivity index (χ4n) is 6.23. The van der Waals surface area contributed by atoms with Gasteiger partial charge in [-0.1, -0.05) is 24.6 Å². The van der Waals surface area contributed by atoms with E-state index >= 15 is 0 Å². The van der Waals surface area contributed by atoms with Crippen LogP contribution in [0.4, 0.5) is 0 Å². The summed E-state index contributed by atoms with van der Waals surface area (Å²) >= 11 is 0. The molecular weight excluding hydrogens is 388 g/mol. The highest BCUT2D eigenvalue weighted by Gasteiger charge is 2.51. The molecule has 6 nitrogen and oxygen atoms in total. The monoisotopic (exact) mass is 424 g/mol. The number of carbonyl (C=O) groups is 2. The van der Waals surface area contributed by atoms with Crippen molar-refractivity contribution in [2.45, 2.75) is 63.6 Å². The van der Waals surface area contributed by atoms with Gasteiger partial charge < -0.3 is 9.80 Å². The maximum absolute atomic E-state index is 13.1. The van der Waals surface area contributed by atoms with Crippen molar-refractivity contribution in [2.24, 2.45) is 0 Å². The minimum absolute atomic E-state index is 0.166. The van der Waals surface area contributed by atoms with Gasteiger partial charge in [0.05, 0.1) is 12.1 Å². The maximum atomic E-state index is 13.1. The average Bonchev–Trinajstić information content (AvgIpc) is 2.97. The van der Waals surface area contributed by atoms with Gasteiger partial charge >= 0.3 is 0 Å². The molecule has 1 aliphatic carbocycles. The molecular formula is C25H36N4O2. The normalized spacial score (nSPS) is 24.7. The second-order valence-electron chi connectivity index (χ2n) is 10.1. The van der Waals surface area contributed by atoms with Crippen LogP contribution in [0.2, 0.25) is 0 Å². The van der Waals surface area contributed by atoms with Crippen molar-refractivity contribution < 1.29 is 9.59 Å². The highest BCUT2D eigenvalue weighted by atomic mass is 16.2. The molecule has 3 fully saturated rings. The molecule has 0 aromatic heterocycles. The summed E-state index contributed by atoms with van der Waals surface area (Å²) < 4.78 is 0. The van der Waals surface area contributed by atoms with Crippen LogP contribution in [-0.4, -0.2) is 89.3 Å². The molecule has 1 saturated carbocycles. The smallest absolute Gasteiger partial charge is 0.255 e. The van der Waals surface area contributed by atoms with Crippen LogP contribution in [0.15, 0.2) is 24.3 Å². The molecule has 4 aliphatic rings. The third-order valence-electron chi connectivity index (χ3n) is 8.16. The van der Waals surface area contributed by atoms with Gasteiger partial charge in [0.1, 0.15) is 0 Å². The molecule has 2 saturated heterocycles. The van der Waals surface area contributed by atoms with Gasteiger partial charge in [0.25, 0.3) is 5.91 Å². The number of rotatable bonds is 4. The Morgan fingerprint density at radius 3 is 2.32 bits per heavy atom. The van der Waals surface area contributed by atoms with E-state index in [2.05, 4.69) is 45.6 Å². The minimum Gasteiger partial charge on any atom is -0.339 e. The van der Waals surface area contributed by atoms with Gasteiger partial charge in [0.15, 0.2) is 0 Å². The van der Waals surface area contributed by atoms with Gasteiger partial charge in [0, 0.05) is 56.9 Å². The SMILES string of the molecule is CC(C)N1C(=O)c2ccccc2C12CCN(CC(=O)N1CCN(C3CCC3)CC1)CC2. The summed E-state index contributed by atoms with van der Waals surface area (Å²) in [5.74, 6) is 0.437. The Hall–Kier alpha value is -1.92. The number of nitrogens with zero attached hydrogens (tertiary/aromatic N) is 4. The van der Waals surface area contributed by atoms with Crippen LogP contribution in [0.5, 0.6) is 0 Å². The number of hydrogen-bond acceptors (Lipinski definition) is 4. The van der Waals surface area contributed by atoms with Crippen LogP contribution in [0.3, 0.4) is 0 Å². The summed E-state index contributed by atoms with van der Waals surface area (Å²) in [6, 6.07) is 9.07. The summed E-state index contributed by atoms with van der Waals surface area (Å²) in [4.78, 5) is 35.1. The Morgan fingerprint density at radius 2 is 1.71 bits per heavy atom. The van der Waals surface area contributed by atoms with Crippen LogP contribution in [0.25, 0.3) is 0 Å². The Balaban J connectivity index is 1.20. The number of carbonyl (C=O) groups excluding carboxylic acids is 2. The number of piperidine rings is 1. The predicted molar refractivity (Wildman–Crippen MR) is 121 cm³/mol. The van der Waals surface area contributed by atoms with Crippen molar-refractivity contribution >= 4 is 11.8 Å². The van der Waals surface area contributed by atoms with E-state index in [4.69, 9.17) is 0 Å². The minimum atomic E-state index is -0.213. The first-order chi connectivity index (χ1) is 15.0. The average molecular weight is 425 g/mol. The molecule has 168 valence electrons. The number of benzene rings is 1. The molecule has 1 aromatic carbocycles. The van der Waals surface area contributed by atoms with Gasteiger partial charge in [0.2, 0.25) is 5.91 Å². The van der Waals surface area contributed by atoms with Crippen LogP contribution < -0.4 is 0 Å². The lowest BCUT2D eigenvalue weighted by Gasteiger charge is -2.47. The number of piperazine rings is 1. The molecule has 1 spiro atoms. The molecule has 3 aliphatic heterocycles. The standard InChI is InChI=1S/C25H36N4O2/c1-19(2)29-24(31)21-8-3-4-9-22(21)25(29)10-12-26(13-11-25)18-23(30)28-16-14-27(15-17-28)20-6-5-7-20/h3-4,8-9,19-20H,5-7,10-18H2,1-2H3.